The molecule has 1 rings (SSSR count). The summed E-state index contributed by atoms with van der Waals surface area (Å²) in [7, 11) is 0. The number of ketones is 1. The summed E-state index contributed by atoms with van der Waals surface area (Å²) >= 11 is 0. The van der Waals surface area contributed by atoms with Crippen molar-refractivity contribution in [1.29, 1.82) is 0 Å². The van der Waals surface area contributed by atoms with Crippen molar-refractivity contribution in [3.8, 4) is 0 Å². The largest absolute Gasteiger partial charge is 0.431 e. The maximum Gasteiger partial charge on any atom is 0.318 e. The molecule has 0 unspecified atom stereocenters. The molecule has 1 aliphatic rings. The summed E-state index contributed by atoms with van der Waals surface area (Å²) in [6, 6.07) is 0. The molecule has 0 aromatic heterocycles. The SMILES string of the molecule is CCCC1=CC(=O)CC(=O)O1. The van der Waals surface area contributed by atoms with E-state index in [1.54, 1.807) is 0 Å². The van der Waals surface area contributed by atoms with Crippen LogP contribution in [0.4, 0.5) is 0 Å². The second-order valence-electron chi connectivity index (χ2n) is 2.48. The predicted molar refractivity (Wildman–Crippen MR) is 38.7 cm³/mol. The highest BCUT2D eigenvalue weighted by atomic mass is 16.5. The van der Waals surface area contributed by atoms with Gasteiger partial charge in [0.25, 0.3) is 0 Å². The van der Waals surface area contributed by atoms with Gasteiger partial charge in [0, 0.05) is 12.5 Å². The standard InChI is InChI=1S/C8H10O3/c1-2-3-7-4-6(9)5-8(10)11-7/h4H,2-3,5H2,1H3. The Morgan fingerprint density at radius 1 is 1.55 bits per heavy atom. The van der Waals surface area contributed by atoms with E-state index in [9.17, 15) is 9.59 Å². The summed E-state index contributed by atoms with van der Waals surface area (Å²) in [5, 5.41) is 0. The third-order valence-electron chi connectivity index (χ3n) is 1.38. The Hall–Kier alpha value is -1.12. The van der Waals surface area contributed by atoms with Crippen LogP contribution in [0, 0.1) is 0 Å². The van der Waals surface area contributed by atoms with Crippen LogP contribution in [0.25, 0.3) is 0 Å². The van der Waals surface area contributed by atoms with E-state index in [2.05, 4.69) is 0 Å². The number of esters is 1. The van der Waals surface area contributed by atoms with Gasteiger partial charge in [-0.3, -0.25) is 9.59 Å². The van der Waals surface area contributed by atoms with Gasteiger partial charge in [0.15, 0.2) is 5.78 Å². The molecule has 1 heterocycles. The number of hydrogen-bond donors (Lipinski definition) is 0. The van der Waals surface area contributed by atoms with Crippen LogP contribution in [0.3, 0.4) is 0 Å². The Morgan fingerprint density at radius 2 is 2.27 bits per heavy atom. The van der Waals surface area contributed by atoms with Crippen LogP contribution in [-0.4, -0.2) is 11.8 Å². The molecule has 0 fully saturated rings. The first-order valence-electron chi connectivity index (χ1n) is 3.66. The van der Waals surface area contributed by atoms with E-state index in [-0.39, 0.29) is 12.2 Å². The summed E-state index contributed by atoms with van der Waals surface area (Å²) < 4.78 is 4.80. The highest BCUT2D eigenvalue weighted by Crippen LogP contribution is 2.13. The lowest BCUT2D eigenvalue weighted by Gasteiger charge is -2.10. The summed E-state index contributed by atoms with van der Waals surface area (Å²) in [6.07, 6.45) is 2.85. The molecule has 0 radical (unpaired) electrons. The van der Waals surface area contributed by atoms with Crippen molar-refractivity contribution in [2.75, 3.05) is 0 Å². The van der Waals surface area contributed by atoms with Crippen LogP contribution in [0.5, 0.6) is 0 Å². The van der Waals surface area contributed by atoms with E-state index in [0.717, 1.165) is 6.42 Å². The number of ether oxygens (including phenoxy) is 1. The van der Waals surface area contributed by atoms with Gasteiger partial charge >= 0.3 is 5.97 Å². The molecule has 1 aliphatic heterocycles. The second kappa shape index (κ2) is 3.32. The molecule has 0 atom stereocenters. The molecule has 11 heavy (non-hydrogen) atoms. The molecule has 0 aromatic carbocycles. The molecule has 0 saturated carbocycles. The summed E-state index contributed by atoms with van der Waals surface area (Å²) in [4.78, 5) is 21.5. The smallest absolute Gasteiger partial charge is 0.318 e. The van der Waals surface area contributed by atoms with Crippen molar-refractivity contribution in [3.05, 3.63) is 11.8 Å². The van der Waals surface area contributed by atoms with Crippen LogP contribution < -0.4 is 0 Å². The molecule has 0 aliphatic carbocycles. The Morgan fingerprint density at radius 3 is 2.82 bits per heavy atom. The first kappa shape index (κ1) is 7.98. The predicted octanol–water partition coefficient (Wildman–Crippen LogP) is 1.19. The fourth-order valence-electron chi connectivity index (χ4n) is 0.954. The van der Waals surface area contributed by atoms with Crippen LogP contribution in [0.2, 0.25) is 0 Å². The van der Waals surface area contributed by atoms with Crippen molar-refractivity contribution in [3.63, 3.8) is 0 Å². The molecule has 0 bridgehead atoms. The minimum absolute atomic E-state index is 0.104. The minimum Gasteiger partial charge on any atom is -0.431 e. The van der Waals surface area contributed by atoms with Crippen molar-refractivity contribution in [2.45, 2.75) is 26.2 Å². The van der Waals surface area contributed by atoms with Crippen molar-refractivity contribution < 1.29 is 14.3 Å². The van der Waals surface area contributed by atoms with Gasteiger partial charge in [0.05, 0.1) is 0 Å². The number of cyclic esters (lactones) is 1. The fraction of sp³-hybridized carbons (Fsp3) is 0.500. The molecule has 0 aromatic rings. The van der Waals surface area contributed by atoms with E-state index >= 15 is 0 Å². The molecule has 0 saturated heterocycles. The molecular weight excluding hydrogens is 144 g/mol. The van der Waals surface area contributed by atoms with Crippen LogP contribution in [0.1, 0.15) is 26.2 Å². The molecule has 3 heteroatoms. The first-order valence-corrected chi connectivity index (χ1v) is 3.66. The van der Waals surface area contributed by atoms with Crippen LogP contribution >= 0.6 is 0 Å². The Kier molecular flexibility index (Phi) is 2.41. The summed E-state index contributed by atoms with van der Waals surface area (Å²) in [5.74, 6) is -0.0700. The van der Waals surface area contributed by atoms with Crippen LogP contribution in [0.15, 0.2) is 11.8 Å². The number of carbonyl (C=O) groups is 2. The van der Waals surface area contributed by atoms with E-state index in [1.807, 2.05) is 6.92 Å². The van der Waals surface area contributed by atoms with Crippen molar-refractivity contribution in [2.24, 2.45) is 0 Å². The molecule has 3 nitrogen and oxygen atoms in total. The van der Waals surface area contributed by atoms with Gasteiger partial charge in [-0.25, -0.2) is 0 Å². The average molecular weight is 154 g/mol. The zero-order valence-corrected chi connectivity index (χ0v) is 6.42. The third-order valence-corrected chi connectivity index (χ3v) is 1.38. The first-order chi connectivity index (χ1) is 5.22. The maximum atomic E-state index is 10.8. The van der Waals surface area contributed by atoms with E-state index in [1.165, 1.54) is 6.08 Å². The third kappa shape index (κ3) is 2.18. The normalized spacial score (nSPS) is 17.7. The lowest BCUT2D eigenvalue weighted by atomic mass is 10.1. The van der Waals surface area contributed by atoms with Crippen molar-refractivity contribution in [1.82, 2.24) is 0 Å². The monoisotopic (exact) mass is 154 g/mol. The van der Waals surface area contributed by atoms with Gasteiger partial charge in [-0.15, -0.1) is 0 Å². The highest BCUT2D eigenvalue weighted by molar-refractivity contribution is 6.04. The Bertz CT molecular complexity index is 215. The van der Waals surface area contributed by atoms with E-state index in [0.29, 0.717) is 12.2 Å². The molecule has 0 amide bonds. The van der Waals surface area contributed by atoms with Gasteiger partial charge in [-0.2, -0.15) is 0 Å². The molecule has 0 spiro atoms. The minimum atomic E-state index is -0.430. The van der Waals surface area contributed by atoms with Gasteiger partial charge in [0.1, 0.15) is 12.2 Å². The van der Waals surface area contributed by atoms with E-state index in [4.69, 9.17) is 4.74 Å². The van der Waals surface area contributed by atoms with Crippen molar-refractivity contribution >= 4 is 11.8 Å². The van der Waals surface area contributed by atoms with Gasteiger partial charge in [-0.05, 0) is 6.42 Å². The Labute approximate surface area is 65.0 Å². The zero-order chi connectivity index (χ0) is 8.27. The van der Waals surface area contributed by atoms with Gasteiger partial charge in [-0.1, -0.05) is 6.92 Å². The van der Waals surface area contributed by atoms with Gasteiger partial charge in [0.2, 0.25) is 0 Å². The highest BCUT2D eigenvalue weighted by Gasteiger charge is 2.17. The Balaban J connectivity index is 2.64. The topological polar surface area (TPSA) is 43.4 Å². The number of carbonyl (C=O) groups excluding carboxylic acids is 2. The summed E-state index contributed by atoms with van der Waals surface area (Å²) in [5.41, 5.74) is 0. The van der Waals surface area contributed by atoms with E-state index < -0.39 is 5.97 Å². The average Bonchev–Trinajstić information content (AvgIpc) is 1.85. The lowest BCUT2D eigenvalue weighted by Crippen LogP contribution is -2.15. The fourth-order valence-corrected chi connectivity index (χ4v) is 0.954. The lowest BCUT2D eigenvalue weighted by molar-refractivity contribution is -0.143. The molecular formula is C8H10O3. The molecule has 0 N–H and O–H groups in total. The maximum absolute atomic E-state index is 10.8. The molecule has 60 valence electrons. The zero-order valence-electron chi connectivity index (χ0n) is 6.42. The number of allylic oxidation sites excluding steroid dienone is 2. The second-order valence-corrected chi connectivity index (χ2v) is 2.48. The van der Waals surface area contributed by atoms with Gasteiger partial charge < -0.3 is 4.74 Å². The quantitative estimate of drug-likeness (QED) is 0.443. The van der Waals surface area contributed by atoms with Crippen LogP contribution in [-0.2, 0) is 14.3 Å². The number of rotatable bonds is 2. The number of hydrogen-bond acceptors (Lipinski definition) is 3. The summed E-state index contributed by atoms with van der Waals surface area (Å²) in [6.45, 7) is 1.97.